The number of benzene rings is 6. The van der Waals surface area contributed by atoms with Crippen LogP contribution in [0.2, 0.25) is 0 Å². The summed E-state index contributed by atoms with van der Waals surface area (Å²) in [6.45, 7) is 19.6. The molecular formula is C58H63SiZr. The molecule has 0 saturated heterocycles. The fourth-order valence-corrected chi connectivity index (χ4v) is 26.0. The van der Waals surface area contributed by atoms with Gasteiger partial charge in [0.1, 0.15) is 0 Å². The first-order valence-electron chi connectivity index (χ1n) is 22.9. The topological polar surface area (TPSA) is 0 Å². The molecule has 0 nitrogen and oxygen atoms in total. The van der Waals surface area contributed by atoms with Crippen LogP contribution >= 0.6 is 0 Å². The Morgan fingerprint density at radius 3 is 1.40 bits per heavy atom. The summed E-state index contributed by atoms with van der Waals surface area (Å²) in [5, 5.41) is 3.37. The van der Waals surface area contributed by atoms with Crippen molar-refractivity contribution in [3.05, 3.63) is 172 Å². The molecule has 1 aliphatic heterocycles. The molecule has 1 heterocycles. The second kappa shape index (κ2) is 16.6. The quantitative estimate of drug-likeness (QED) is 0.114. The number of unbranched alkanes of at least 4 members (excludes halogenated alkanes) is 2. The van der Waals surface area contributed by atoms with Gasteiger partial charge in [0.15, 0.2) is 0 Å². The van der Waals surface area contributed by atoms with Crippen LogP contribution < -0.4 is 13.6 Å². The molecule has 9 rings (SSSR count). The molecule has 0 bridgehead atoms. The molecule has 6 aromatic rings. The molecule has 2 atom stereocenters. The molecule has 2 aliphatic carbocycles. The summed E-state index contributed by atoms with van der Waals surface area (Å²) < 4.78 is 2.61. The van der Waals surface area contributed by atoms with Crippen LogP contribution in [0.15, 0.2) is 139 Å². The van der Waals surface area contributed by atoms with Gasteiger partial charge in [-0.2, -0.15) is 0 Å². The average molecular weight is 879 g/mol. The van der Waals surface area contributed by atoms with Crippen LogP contribution in [0.4, 0.5) is 0 Å². The van der Waals surface area contributed by atoms with Gasteiger partial charge in [-0.15, -0.1) is 0 Å². The normalized spacial score (nSPS) is 16.9. The number of allylic oxidation sites excluding steroid dienone is 2. The second-order valence-electron chi connectivity index (χ2n) is 19.8. The monoisotopic (exact) mass is 877 g/mol. The van der Waals surface area contributed by atoms with Gasteiger partial charge in [0.2, 0.25) is 0 Å². The molecule has 0 N–H and O–H groups in total. The van der Waals surface area contributed by atoms with Crippen LogP contribution in [0.1, 0.15) is 122 Å². The van der Waals surface area contributed by atoms with Crippen LogP contribution in [0.25, 0.3) is 45.5 Å². The van der Waals surface area contributed by atoms with Gasteiger partial charge in [0.25, 0.3) is 0 Å². The molecule has 0 aromatic heterocycles. The SMILES string of the molecule is CCCCc1ccccc1-c1cccc2c1C=C(C(C)(C)C)[CH]2[Zr]([c]1cccc2c1[SiH2]c1ccccc1-2)[CH]1C(C(C)(C)C)=Cc2c(-c3ccccc3CCCC)cccc21. The first kappa shape index (κ1) is 41.3. The summed E-state index contributed by atoms with van der Waals surface area (Å²) in [5.41, 5.74) is 21.2. The zero-order chi connectivity index (χ0) is 41.8. The van der Waals surface area contributed by atoms with Gasteiger partial charge < -0.3 is 0 Å². The predicted molar refractivity (Wildman–Crippen MR) is 261 cm³/mol. The second-order valence-corrected chi connectivity index (χ2v) is 28.0. The Labute approximate surface area is 371 Å². The fourth-order valence-electron chi connectivity index (χ4n) is 10.9. The van der Waals surface area contributed by atoms with E-state index in [1.807, 2.05) is 0 Å². The van der Waals surface area contributed by atoms with Crippen LogP contribution in [0, 0.1) is 10.8 Å². The summed E-state index contributed by atoms with van der Waals surface area (Å²) in [6, 6.07) is 50.3. The van der Waals surface area contributed by atoms with Gasteiger partial charge in [-0.3, -0.25) is 0 Å². The Morgan fingerprint density at radius 2 is 0.900 bits per heavy atom. The van der Waals surface area contributed by atoms with Crippen molar-refractivity contribution in [1.82, 2.24) is 0 Å². The molecule has 0 fully saturated rings. The van der Waals surface area contributed by atoms with E-state index in [1.165, 1.54) is 81.3 Å². The third-order valence-corrected chi connectivity index (χ3v) is 25.6. The van der Waals surface area contributed by atoms with Gasteiger partial charge in [0.05, 0.1) is 0 Å². The Kier molecular flexibility index (Phi) is 11.4. The Hall–Kier alpha value is -4.10. The van der Waals surface area contributed by atoms with Crippen molar-refractivity contribution in [1.29, 1.82) is 0 Å². The minimum atomic E-state index is -3.00. The number of hydrogen-bond donors (Lipinski definition) is 0. The van der Waals surface area contributed by atoms with E-state index in [0.717, 1.165) is 12.8 Å². The molecule has 2 unspecified atom stereocenters. The zero-order valence-electron chi connectivity index (χ0n) is 37.4. The molecule has 2 heteroatoms. The molecule has 0 spiro atoms. The van der Waals surface area contributed by atoms with E-state index in [0.29, 0.717) is 7.25 Å². The van der Waals surface area contributed by atoms with Gasteiger partial charge >= 0.3 is 374 Å². The molecule has 60 heavy (non-hydrogen) atoms. The van der Waals surface area contributed by atoms with Crippen molar-refractivity contribution in [2.45, 2.75) is 101 Å². The van der Waals surface area contributed by atoms with Gasteiger partial charge in [-0.25, -0.2) is 0 Å². The molecule has 0 radical (unpaired) electrons. The Balaban J connectivity index is 1.32. The third kappa shape index (κ3) is 7.39. The van der Waals surface area contributed by atoms with Crippen LogP contribution in [-0.4, -0.2) is 9.52 Å². The van der Waals surface area contributed by atoms with Gasteiger partial charge in [-0.1, -0.05) is 0 Å². The third-order valence-electron chi connectivity index (χ3n) is 13.9. The summed E-state index contributed by atoms with van der Waals surface area (Å²) >= 11 is -3.00. The van der Waals surface area contributed by atoms with Crippen molar-refractivity contribution in [3.8, 4) is 33.4 Å². The molecular weight excluding hydrogens is 816 g/mol. The minimum absolute atomic E-state index is 0.0138. The van der Waals surface area contributed by atoms with Crippen molar-refractivity contribution in [2.75, 3.05) is 0 Å². The van der Waals surface area contributed by atoms with Crippen LogP contribution in [-0.2, 0) is 34.6 Å². The molecule has 3 aliphatic rings. The number of rotatable bonds is 11. The van der Waals surface area contributed by atoms with Crippen molar-refractivity contribution >= 4 is 35.3 Å². The maximum atomic E-state index is 2.71. The van der Waals surface area contributed by atoms with Crippen LogP contribution in [0.5, 0.6) is 0 Å². The number of hydrogen-bond acceptors (Lipinski definition) is 0. The number of aryl methyl sites for hydroxylation is 2. The molecule has 0 amide bonds. The summed E-state index contributed by atoms with van der Waals surface area (Å²) in [7, 11) is -0.655. The van der Waals surface area contributed by atoms with E-state index in [-0.39, 0.29) is 10.8 Å². The Morgan fingerprint density at radius 1 is 0.467 bits per heavy atom. The van der Waals surface area contributed by atoms with Gasteiger partial charge in [-0.05, 0) is 0 Å². The van der Waals surface area contributed by atoms with E-state index < -0.39 is 31.3 Å². The van der Waals surface area contributed by atoms with E-state index in [2.05, 4.69) is 195 Å². The van der Waals surface area contributed by atoms with Gasteiger partial charge in [0, 0.05) is 0 Å². The summed E-state index contributed by atoms with van der Waals surface area (Å²) in [4.78, 5) is 0. The van der Waals surface area contributed by atoms with E-state index >= 15 is 0 Å². The average Bonchev–Trinajstić information content (AvgIpc) is 3.96. The van der Waals surface area contributed by atoms with Crippen molar-refractivity contribution in [3.63, 3.8) is 0 Å². The summed E-state index contributed by atoms with van der Waals surface area (Å²) in [5.74, 6) is 0. The van der Waals surface area contributed by atoms with E-state index in [9.17, 15) is 0 Å². The fraction of sp³-hybridized carbons (Fsp3) is 0.310. The Bertz CT molecular complexity index is 2510. The predicted octanol–water partition coefficient (Wildman–Crippen LogP) is 13.4. The van der Waals surface area contributed by atoms with E-state index in [4.69, 9.17) is 0 Å². The molecule has 303 valence electrons. The zero-order valence-corrected chi connectivity index (χ0v) is 41.3. The number of fused-ring (bicyclic) bond motifs is 5. The van der Waals surface area contributed by atoms with Crippen molar-refractivity contribution in [2.24, 2.45) is 10.8 Å². The standard InChI is InChI=1S/2C23H27.C12H9Si.Zr/c2*1-5-6-10-17-11-7-8-13-20(17)21-14-9-12-18-15-19(16-22(18)21)23(2,3)4;1-3-7-11-9(5-1)10-6-2-4-8-12(10)13-11;/h2*7-9,11-16H,5-6,10H2,1-4H3;1-7H,13H2;. The first-order valence-corrected chi connectivity index (χ1v) is 28.4. The van der Waals surface area contributed by atoms with E-state index in [1.54, 1.807) is 35.9 Å². The van der Waals surface area contributed by atoms with Crippen molar-refractivity contribution < 1.29 is 21.8 Å². The molecule has 6 aromatic carbocycles. The van der Waals surface area contributed by atoms with Crippen LogP contribution in [0.3, 0.4) is 0 Å². The summed E-state index contributed by atoms with van der Waals surface area (Å²) in [6.07, 6.45) is 12.5. The maximum absolute atomic E-state index is 3.00. The molecule has 0 saturated carbocycles. The first-order chi connectivity index (χ1) is 29.0.